The van der Waals surface area contributed by atoms with E-state index in [-0.39, 0.29) is 31.1 Å². The topological polar surface area (TPSA) is 110 Å². The van der Waals surface area contributed by atoms with Gasteiger partial charge in [0.05, 0.1) is 18.3 Å². The van der Waals surface area contributed by atoms with E-state index in [0.717, 1.165) is 4.90 Å². The lowest BCUT2D eigenvalue weighted by molar-refractivity contribution is -0.148. The largest absolute Gasteiger partial charge is 0.330 e. The average Bonchev–Trinajstić information content (AvgIpc) is 2.33. The predicted molar refractivity (Wildman–Crippen MR) is 69.5 cm³/mol. The summed E-state index contributed by atoms with van der Waals surface area (Å²) in [4.78, 5) is 33.9. The van der Waals surface area contributed by atoms with Crippen LogP contribution in [0.4, 0.5) is 0 Å². The lowest BCUT2D eigenvalue weighted by Gasteiger charge is -2.29. The maximum Gasteiger partial charge on any atom is 0.330 e. The molecule has 3 atom stereocenters. The number of amides is 2. The number of likely N-dealkylation sites (tertiary alicyclic amines) is 1. The summed E-state index contributed by atoms with van der Waals surface area (Å²) >= 11 is 0. The number of carbonyl (C=O) groups excluding carboxylic acids is 2. The van der Waals surface area contributed by atoms with Crippen LogP contribution in [0.25, 0.3) is 0 Å². The molecule has 0 aromatic carbocycles. The first-order valence-corrected chi connectivity index (χ1v) is 8.13. The van der Waals surface area contributed by atoms with Gasteiger partial charge in [-0.2, -0.15) is 0 Å². The van der Waals surface area contributed by atoms with Crippen LogP contribution in [-0.2, 0) is 18.7 Å². The maximum absolute atomic E-state index is 11.8. The van der Waals surface area contributed by atoms with E-state index < -0.39 is 19.5 Å². The molecule has 8 heteroatoms. The molecule has 1 aliphatic rings. The minimum Gasteiger partial charge on any atom is -0.324 e. The number of hydrogen-bond donors (Lipinski definition) is 2. The molecule has 2 amide bonds. The van der Waals surface area contributed by atoms with Crippen molar-refractivity contribution in [2.24, 2.45) is 5.73 Å². The van der Waals surface area contributed by atoms with Gasteiger partial charge in [-0.25, -0.2) is 0 Å². The Balaban J connectivity index is 2.57. The molecule has 1 aliphatic heterocycles. The van der Waals surface area contributed by atoms with Gasteiger partial charge in [-0.15, -0.1) is 0 Å². The number of hydrogen-bond acceptors (Lipinski definition) is 5. The van der Waals surface area contributed by atoms with E-state index in [1.807, 2.05) is 6.92 Å². The van der Waals surface area contributed by atoms with Crippen molar-refractivity contribution < 1.29 is 23.6 Å². The Labute approximate surface area is 112 Å². The van der Waals surface area contributed by atoms with Crippen LogP contribution in [0, 0.1) is 0 Å². The normalized spacial score (nSPS) is 25.3. The third kappa shape index (κ3) is 4.69. The Morgan fingerprint density at radius 1 is 1.58 bits per heavy atom. The zero-order valence-corrected chi connectivity index (χ0v) is 12.1. The fourth-order valence-electron chi connectivity index (χ4n) is 1.73. The molecule has 19 heavy (non-hydrogen) atoms. The second-order valence-corrected chi connectivity index (χ2v) is 6.65. The molecule has 0 radical (unpaired) electrons. The third-order valence-electron chi connectivity index (χ3n) is 3.08. The fraction of sp³-hybridized carbons (Fsp3) is 0.818. The van der Waals surface area contributed by atoms with Gasteiger partial charge in [0.25, 0.3) is 0 Å². The molecule has 0 bridgehead atoms. The quantitative estimate of drug-likeness (QED) is 0.543. The van der Waals surface area contributed by atoms with E-state index in [9.17, 15) is 19.0 Å². The summed E-state index contributed by atoms with van der Waals surface area (Å²) in [5.41, 5.74) is 5.57. The number of nitrogens with two attached hydrogens (primary N) is 1. The summed E-state index contributed by atoms with van der Waals surface area (Å²) in [6.07, 6.45) is 0.521. The predicted octanol–water partition coefficient (Wildman–Crippen LogP) is 0.463. The first kappa shape index (κ1) is 16.3. The molecule has 7 nitrogen and oxygen atoms in total. The SMILES string of the molecule is CCC(C)OP(=O)(O)CCN1C(=O)CCC(N)C1=O. The third-order valence-corrected chi connectivity index (χ3v) is 4.53. The van der Waals surface area contributed by atoms with Crippen LogP contribution in [0.5, 0.6) is 0 Å². The highest BCUT2D eigenvalue weighted by Gasteiger charge is 2.34. The van der Waals surface area contributed by atoms with Crippen molar-refractivity contribution in [1.29, 1.82) is 0 Å². The zero-order chi connectivity index (χ0) is 14.6. The van der Waals surface area contributed by atoms with Crippen molar-refractivity contribution in [3.63, 3.8) is 0 Å². The summed E-state index contributed by atoms with van der Waals surface area (Å²) in [6.45, 7) is 3.40. The molecule has 1 heterocycles. The summed E-state index contributed by atoms with van der Waals surface area (Å²) in [7, 11) is -3.79. The summed E-state index contributed by atoms with van der Waals surface area (Å²) < 4.78 is 16.8. The van der Waals surface area contributed by atoms with E-state index in [2.05, 4.69) is 0 Å². The Morgan fingerprint density at radius 2 is 2.21 bits per heavy atom. The molecule has 110 valence electrons. The van der Waals surface area contributed by atoms with Crippen LogP contribution >= 0.6 is 7.60 Å². The van der Waals surface area contributed by atoms with Crippen molar-refractivity contribution in [2.75, 3.05) is 12.7 Å². The molecule has 1 fully saturated rings. The average molecular weight is 292 g/mol. The summed E-state index contributed by atoms with van der Waals surface area (Å²) in [6, 6.07) is -0.703. The first-order valence-electron chi connectivity index (χ1n) is 6.37. The Morgan fingerprint density at radius 3 is 2.79 bits per heavy atom. The number of rotatable bonds is 6. The molecule has 3 unspecified atom stereocenters. The standard InChI is InChI=1S/C11H21N2O5P/c1-3-8(2)18-19(16,17)7-6-13-10(14)5-4-9(12)11(13)15/h8-9H,3-7,12H2,1-2H3,(H,16,17). The van der Waals surface area contributed by atoms with Crippen molar-refractivity contribution >= 4 is 19.4 Å². The van der Waals surface area contributed by atoms with Crippen LogP contribution in [0.2, 0.25) is 0 Å². The summed E-state index contributed by atoms with van der Waals surface area (Å²) in [5.74, 6) is -0.838. The molecule has 0 saturated carbocycles. The second-order valence-electron chi connectivity index (χ2n) is 4.71. The van der Waals surface area contributed by atoms with E-state index in [1.54, 1.807) is 6.92 Å². The Bertz CT molecular complexity index is 401. The van der Waals surface area contributed by atoms with Gasteiger partial charge in [0.15, 0.2) is 0 Å². The molecule has 1 rings (SSSR count). The van der Waals surface area contributed by atoms with E-state index in [4.69, 9.17) is 10.3 Å². The zero-order valence-electron chi connectivity index (χ0n) is 11.2. The van der Waals surface area contributed by atoms with Gasteiger partial charge >= 0.3 is 7.60 Å². The molecule has 0 spiro atoms. The molecule has 1 saturated heterocycles. The second kappa shape index (κ2) is 6.61. The molecule has 3 N–H and O–H groups in total. The van der Waals surface area contributed by atoms with Crippen molar-refractivity contribution in [3.05, 3.63) is 0 Å². The Kier molecular flexibility index (Phi) is 5.67. The van der Waals surface area contributed by atoms with Gasteiger partial charge in [-0.3, -0.25) is 19.1 Å². The van der Waals surface area contributed by atoms with E-state index in [0.29, 0.717) is 12.8 Å². The Hall–Kier alpha value is -0.750. The molecule has 0 aromatic rings. The van der Waals surface area contributed by atoms with Crippen LogP contribution < -0.4 is 5.73 Å². The highest BCUT2D eigenvalue weighted by atomic mass is 31.2. The highest BCUT2D eigenvalue weighted by Crippen LogP contribution is 2.43. The van der Waals surface area contributed by atoms with E-state index >= 15 is 0 Å². The van der Waals surface area contributed by atoms with Gasteiger partial charge < -0.3 is 15.2 Å². The lowest BCUT2D eigenvalue weighted by Crippen LogP contribution is -2.52. The fourth-order valence-corrected chi connectivity index (χ4v) is 3.00. The van der Waals surface area contributed by atoms with Crippen LogP contribution in [-0.4, -0.2) is 46.5 Å². The minimum absolute atomic E-state index is 0.129. The van der Waals surface area contributed by atoms with Gasteiger partial charge in [0, 0.05) is 13.0 Å². The summed E-state index contributed by atoms with van der Waals surface area (Å²) in [5, 5.41) is 0. The minimum atomic E-state index is -3.79. The maximum atomic E-state index is 11.8. The lowest BCUT2D eigenvalue weighted by atomic mass is 10.1. The molecule has 0 aromatic heterocycles. The first-order chi connectivity index (χ1) is 8.76. The van der Waals surface area contributed by atoms with Crippen LogP contribution in [0.3, 0.4) is 0 Å². The molecular weight excluding hydrogens is 271 g/mol. The van der Waals surface area contributed by atoms with Crippen molar-refractivity contribution in [1.82, 2.24) is 4.90 Å². The number of nitrogens with zero attached hydrogens (tertiary/aromatic N) is 1. The van der Waals surface area contributed by atoms with Crippen LogP contribution in [0.1, 0.15) is 33.1 Å². The van der Waals surface area contributed by atoms with E-state index in [1.165, 1.54) is 0 Å². The number of imide groups is 1. The van der Waals surface area contributed by atoms with Gasteiger partial charge in [-0.1, -0.05) is 6.92 Å². The number of piperidine rings is 1. The van der Waals surface area contributed by atoms with Gasteiger partial charge in [0.2, 0.25) is 11.8 Å². The van der Waals surface area contributed by atoms with Crippen molar-refractivity contribution in [3.8, 4) is 0 Å². The van der Waals surface area contributed by atoms with Gasteiger partial charge in [-0.05, 0) is 19.8 Å². The molecular formula is C11H21N2O5P. The number of carbonyl (C=O) groups is 2. The van der Waals surface area contributed by atoms with Crippen molar-refractivity contribution in [2.45, 2.75) is 45.3 Å². The van der Waals surface area contributed by atoms with Gasteiger partial charge in [0.1, 0.15) is 0 Å². The molecule has 0 aliphatic carbocycles. The monoisotopic (exact) mass is 292 g/mol. The smallest absolute Gasteiger partial charge is 0.324 e. The van der Waals surface area contributed by atoms with Crippen LogP contribution in [0.15, 0.2) is 0 Å². The highest BCUT2D eigenvalue weighted by molar-refractivity contribution is 7.52.